The number of halogens is 2. The lowest BCUT2D eigenvalue weighted by molar-refractivity contribution is 0.0943. The molecule has 138 valence electrons. The van der Waals surface area contributed by atoms with Gasteiger partial charge in [0.1, 0.15) is 0 Å². The van der Waals surface area contributed by atoms with Gasteiger partial charge in [-0.25, -0.2) is 8.78 Å². The summed E-state index contributed by atoms with van der Waals surface area (Å²) in [5.41, 5.74) is 0.737. The van der Waals surface area contributed by atoms with E-state index in [1.54, 1.807) is 18.2 Å². The fraction of sp³-hybridized carbons (Fsp3) is 0.263. The lowest BCUT2D eigenvalue weighted by atomic mass is 10.1. The maximum absolute atomic E-state index is 13.2. The monoisotopic (exact) mass is 362 g/mol. The van der Waals surface area contributed by atoms with E-state index in [0.717, 1.165) is 12.1 Å². The lowest BCUT2D eigenvalue weighted by Crippen LogP contribution is -2.25. The molecule has 0 fully saturated rings. The van der Waals surface area contributed by atoms with Crippen LogP contribution in [0.3, 0.4) is 0 Å². The Morgan fingerprint density at radius 3 is 2.50 bits per heavy atom. The molecular formula is C19H20F2N2O3. The minimum Gasteiger partial charge on any atom is -0.382 e. The standard InChI is InChI=1S/C19H20F2N2O3/c1-2-26-10-4-9-22-18(24)13-5-3-6-15(11-13)23-19(25)14-7-8-16(20)17(21)12-14/h3,5-8,11-12H,2,4,9-10H2,1H3,(H,22,24)(H,23,25). The van der Waals surface area contributed by atoms with Crippen molar-refractivity contribution in [2.75, 3.05) is 25.1 Å². The number of amides is 2. The summed E-state index contributed by atoms with van der Waals surface area (Å²) in [5.74, 6) is -2.99. The third kappa shape index (κ3) is 5.63. The van der Waals surface area contributed by atoms with Gasteiger partial charge >= 0.3 is 0 Å². The molecule has 0 spiro atoms. The largest absolute Gasteiger partial charge is 0.382 e. The Hall–Kier alpha value is -2.80. The van der Waals surface area contributed by atoms with Gasteiger partial charge in [0.2, 0.25) is 0 Å². The van der Waals surface area contributed by atoms with Crippen LogP contribution in [-0.2, 0) is 4.74 Å². The van der Waals surface area contributed by atoms with Crippen molar-refractivity contribution in [3.63, 3.8) is 0 Å². The van der Waals surface area contributed by atoms with Crippen molar-refractivity contribution >= 4 is 17.5 Å². The van der Waals surface area contributed by atoms with Crippen LogP contribution in [0.4, 0.5) is 14.5 Å². The van der Waals surface area contributed by atoms with Gasteiger partial charge in [-0.05, 0) is 49.7 Å². The molecule has 2 aromatic carbocycles. The average molecular weight is 362 g/mol. The van der Waals surface area contributed by atoms with Crippen LogP contribution in [0.25, 0.3) is 0 Å². The van der Waals surface area contributed by atoms with Crippen molar-refractivity contribution in [2.45, 2.75) is 13.3 Å². The van der Waals surface area contributed by atoms with Crippen molar-refractivity contribution < 1.29 is 23.1 Å². The molecule has 0 saturated heterocycles. The highest BCUT2D eigenvalue weighted by molar-refractivity contribution is 6.05. The van der Waals surface area contributed by atoms with E-state index in [2.05, 4.69) is 10.6 Å². The Bertz CT molecular complexity index is 781. The molecule has 0 unspecified atom stereocenters. The number of anilines is 1. The highest BCUT2D eigenvalue weighted by atomic mass is 19.2. The van der Waals surface area contributed by atoms with E-state index in [1.807, 2.05) is 6.92 Å². The van der Waals surface area contributed by atoms with Crippen LogP contribution in [0.5, 0.6) is 0 Å². The van der Waals surface area contributed by atoms with Gasteiger partial charge in [0.15, 0.2) is 11.6 Å². The number of hydrogen-bond donors (Lipinski definition) is 2. The molecule has 0 aliphatic carbocycles. The first-order valence-electron chi connectivity index (χ1n) is 8.23. The quantitative estimate of drug-likeness (QED) is 0.708. The van der Waals surface area contributed by atoms with E-state index >= 15 is 0 Å². The Labute approximate surface area is 150 Å². The molecule has 0 atom stereocenters. The van der Waals surface area contributed by atoms with Crippen LogP contribution < -0.4 is 10.6 Å². The first-order valence-corrected chi connectivity index (χ1v) is 8.23. The van der Waals surface area contributed by atoms with Gasteiger partial charge in [0.05, 0.1) is 0 Å². The molecule has 0 bridgehead atoms. The molecule has 5 nitrogen and oxygen atoms in total. The topological polar surface area (TPSA) is 67.4 Å². The predicted octanol–water partition coefficient (Wildman–Crippen LogP) is 3.37. The Balaban J connectivity index is 1.96. The molecule has 2 rings (SSSR count). The van der Waals surface area contributed by atoms with Crippen LogP contribution in [0.2, 0.25) is 0 Å². The van der Waals surface area contributed by atoms with Crippen LogP contribution in [0.1, 0.15) is 34.1 Å². The van der Waals surface area contributed by atoms with Gasteiger partial charge in [0.25, 0.3) is 11.8 Å². The van der Waals surface area contributed by atoms with Gasteiger partial charge in [-0.2, -0.15) is 0 Å². The summed E-state index contributed by atoms with van der Waals surface area (Å²) in [5, 5.41) is 5.32. The second kappa shape index (κ2) is 9.62. The molecule has 0 aliphatic heterocycles. The smallest absolute Gasteiger partial charge is 0.255 e. The van der Waals surface area contributed by atoms with Crippen molar-refractivity contribution in [2.24, 2.45) is 0 Å². The molecule has 0 aliphatic rings. The number of ether oxygens (including phenoxy) is 1. The third-order valence-electron chi connectivity index (χ3n) is 3.52. The molecule has 0 heterocycles. The number of carbonyl (C=O) groups is 2. The van der Waals surface area contributed by atoms with E-state index in [0.29, 0.717) is 37.4 Å². The summed E-state index contributed by atoms with van der Waals surface area (Å²) in [6.07, 6.45) is 0.701. The zero-order chi connectivity index (χ0) is 18.9. The van der Waals surface area contributed by atoms with E-state index in [1.165, 1.54) is 12.1 Å². The predicted molar refractivity (Wildman–Crippen MR) is 94.2 cm³/mol. The lowest BCUT2D eigenvalue weighted by Gasteiger charge is -2.09. The van der Waals surface area contributed by atoms with Gasteiger partial charge in [-0.15, -0.1) is 0 Å². The summed E-state index contributed by atoms with van der Waals surface area (Å²) < 4.78 is 31.4. The molecule has 7 heteroatoms. The Kier molecular flexibility index (Phi) is 7.23. The number of carbonyl (C=O) groups excluding carboxylic acids is 2. The van der Waals surface area contributed by atoms with E-state index in [9.17, 15) is 18.4 Å². The fourth-order valence-corrected chi connectivity index (χ4v) is 2.20. The molecule has 2 N–H and O–H groups in total. The Morgan fingerprint density at radius 1 is 1.00 bits per heavy atom. The zero-order valence-corrected chi connectivity index (χ0v) is 14.4. The van der Waals surface area contributed by atoms with Crippen molar-refractivity contribution in [1.29, 1.82) is 0 Å². The van der Waals surface area contributed by atoms with Crippen molar-refractivity contribution in [1.82, 2.24) is 5.32 Å². The van der Waals surface area contributed by atoms with Gasteiger partial charge in [-0.1, -0.05) is 6.07 Å². The van der Waals surface area contributed by atoms with Crippen LogP contribution in [-0.4, -0.2) is 31.6 Å². The summed E-state index contributed by atoms with van der Waals surface area (Å²) in [6.45, 7) is 3.58. The van der Waals surface area contributed by atoms with Crippen LogP contribution in [0, 0.1) is 11.6 Å². The summed E-state index contributed by atoms with van der Waals surface area (Å²) in [4.78, 5) is 24.2. The van der Waals surface area contributed by atoms with E-state index in [4.69, 9.17) is 4.74 Å². The zero-order valence-electron chi connectivity index (χ0n) is 14.4. The molecule has 0 saturated carbocycles. The SMILES string of the molecule is CCOCCCNC(=O)c1cccc(NC(=O)c2ccc(F)c(F)c2)c1. The van der Waals surface area contributed by atoms with Gasteiger partial charge < -0.3 is 15.4 Å². The molecule has 0 aromatic heterocycles. The first kappa shape index (κ1) is 19.5. The van der Waals surface area contributed by atoms with Crippen molar-refractivity contribution in [3.05, 3.63) is 65.2 Å². The van der Waals surface area contributed by atoms with Gasteiger partial charge in [0, 0.05) is 36.6 Å². The highest BCUT2D eigenvalue weighted by Crippen LogP contribution is 2.14. The maximum atomic E-state index is 13.2. The maximum Gasteiger partial charge on any atom is 0.255 e. The highest BCUT2D eigenvalue weighted by Gasteiger charge is 2.11. The second-order valence-corrected chi connectivity index (χ2v) is 5.47. The number of hydrogen-bond acceptors (Lipinski definition) is 3. The first-order chi connectivity index (χ1) is 12.5. The Morgan fingerprint density at radius 2 is 1.77 bits per heavy atom. The van der Waals surface area contributed by atoms with Crippen molar-refractivity contribution in [3.8, 4) is 0 Å². The molecule has 26 heavy (non-hydrogen) atoms. The minimum absolute atomic E-state index is 0.0188. The summed E-state index contributed by atoms with van der Waals surface area (Å²) in [7, 11) is 0. The van der Waals surface area contributed by atoms with Gasteiger partial charge in [-0.3, -0.25) is 9.59 Å². The van der Waals surface area contributed by atoms with E-state index < -0.39 is 17.5 Å². The molecule has 2 amide bonds. The molecular weight excluding hydrogens is 342 g/mol. The summed E-state index contributed by atoms with van der Waals surface area (Å²) in [6, 6.07) is 9.24. The third-order valence-corrected chi connectivity index (χ3v) is 3.52. The summed E-state index contributed by atoms with van der Waals surface area (Å²) >= 11 is 0. The van der Waals surface area contributed by atoms with E-state index in [-0.39, 0.29) is 11.5 Å². The van der Waals surface area contributed by atoms with Crippen LogP contribution >= 0.6 is 0 Å². The molecule has 0 radical (unpaired) electrons. The fourth-order valence-electron chi connectivity index (χ4n) is 2.20. The number of rotatable bonds is 8. The second-order valence-electron chi connectivity index (χ2n) is 5.47. The molecule has 2 aromatic rings. The minimum atomic E-state index is -1.10. The average Bonchev–Trinajstić information content (AvgIpc) is 2.63. The normalized spacial score (nSPS) is 10.4. The van der Waals surface area contributed by atoms with Crippen LogP contribution in [0.15, 0.2) is 42.5 Å². The number of nitrogens with one attached hydrogen (secondary N) is 2. The number of benzene rings is 2.